The average molecular weight is 312 g/mol. The zero-order chi connectivity index (χ0) is 14.8. The van der Waals surface area contributed by atoms with Gasteiger partial charge in [0.25, 0.3) is 0 Å². The van der Waals surface area contributed by atoms with E-state index in [-0.39, 0.29) is 30.7 Å². The molecule has 1 aromatic rings. The van der Waals surface area contributed by atoms with Crippen LogP contribution >= 0.6 is 12.4 Å². The maximum Gasteiger partial charge on any atom is 0.495 e. The lowest BCUT2D eigenvalue weighted by Gasteiger charge is -2.32. The van der Waals surface area contributed by atoms with Gasteiger partial charge in [-0.05, 0) is 51.7 Å². The largest absolute Gasteiger partial charge is 0.495 e. The highest BCUT2D eigenvalue weighted by molar-refractivity contribution is 6.62. The van der Waals surface area contributed by atoms with Crippen LogP contribution in [0, 0.1) is 0 Å². The summed E-state index contributed by atoms with van der Waals surface area (Å²) in [5.74, 6) is 0. The summed E-state index contributed by atoms with van der Waals surface area (Å²) >= 11 is 0. The highest BCUT2D eigenvalue weighted by Crippen LogP contribution is 2.36. The molecule has 0 spiro atoms. The van der Waals surface area contributed by atoms with Crippen LogP contribution in [0.2, 0.25) is 0 Å². The van der Waals surface area contributed by atoms with E-state index in [2.05, 4.69) is 58.1 Å². The summed E-state index contributed by atoms with van der Waals surface area (Å²) in [6.07, 6.45) is 1.14. The lowest BCUT2D eigenvalue weighted by molar-refractivity contribution is 0.00578. The van der Waals surface area contributed by atoms with Crippen LogP contribution in [0.15, 0.2) is 24.3 Å². The third-order valence-electron chi connectivity index (χ3n) is 4.30. The Hall–Kier alpha value is -0.545. The second kappa shape index (κ2) is 7.14. The van der Waals surface area contributed by atoms with Crippen LogP contribution in [0.3, 0.4) is 0 Å². The maximum absolute atomic E-state index is 6.15. The number of hydrogen-bond donors (Lipinski definition) is 1. The van der Waals surface area contributed by atoms with E-state index in [4.69, 9.17) is 9.31 Å². The van der Waals surface area contributed by atoms with Crippen molar-refractivity contribution >= 4 is 25.0 Å². The first-order valence-corrected chi connectivity index (χ1v) is 7.51. The third-order valence-corrected chi connectivity index (χ3v) is 4.30. The minimum Gasteiger partial charge on any atom is -0.399 e. The zero-order valence-electron chi connectivity index (χ0n) is 13.7. The smallest absolute Gasteiger partial charge is 0.399 e. The predicted octanol–water partition coefficient (Wildman–Crippen LogP) is 2.91. The van der Waals surface area contributed by atoms with Crippen LogP contribution in [0.4, 0.5) is 0 Å². The van der Waals surface area contributed by atoms with E-state index in [1.807, 2.05) is 6.07 Å². The van der Waals surface area contributed by atoms with E-state index in [0.29, 0.717) is 0 Å². The van der Waals surface area contributed by atoms with Gasteiger partial charge in [0.15, 0.2) is 0 Å². The van der Waals surface area contributed by atoms with Crippen molar-refractivity contribution in [2.45, 2.75) is 58.8 Å². The Morgan fingerprint density at radius 3 is 2.19 bits per heavy atom. The zero-order valence-corrected chi connectivity index (χ0v) is 14.5. The topological polar surface area (TPSA) is 30.5 Å². The van der Waals surface area contributed by atoms with Gasteiger partial charge in [0.05, 0.1) is 11.2 Å². The monoisotopic (exact) mass is 311 g/mol. The molecule has 21 heavy (non-hydrogen) atoms. The summed E-state index contributed by atoms with van der Waals surface area (Å²) < 4.78 is 12.3. The first kappa shape index (κ1) is 18.5. The van der Waals surface area contributed by atoms with Gasteiger partial charge in [0.1, 0.15) is 0 Å². The van der Waals surface area contributed by atoms with Crippen molar-refractivity contribution < 1.29 is 9.31 Å². The SMILES string of the molecule is CCCNCc1ccccc1B1OC(C)(C)C(C)(C)O1.Cl. The second-order valence-electron chi connectivity index (χ2n) is 6.46. The fourth-order valence-corrected chi connectivity index (χ4v) is 2.29. The van der Waals surface area contributed by atoms with E-state index in [1.54, 1.807) is 0 Å². The summed E-state index contributed by atoms with van der Waals surface area (Å²) in [5.41, 5.74) is 1.80. The molecule has 5 heteroatoms. The normalized spacial score (nSPS) is 19.4. The number of benzene rings is 1. The number of rotatable bonds is 5. The molecule has 0 bridgehead atoms. The minimum atomic E-state index is -0.290. The van der Waals surface area contributed by atoms with E-state index >= 15 is 0 Å². The van der Waals surface area contributed by atoms with Gasteiger partial charge in [-0.1, -0.05) is 31.2 Å². The summed E-state index contributed by atoms with van der Waals surface area (Å²) in [6, 6.07) is 8.36. The molecule has 0 saturated carbocycles. The van der Waals surface area contributed by atoms with E-state index < -0.39 is 0 Å². The van der Waals surface area contributed by atoms with Crippen molar-refractivity contribution in [3.63, 3.8) is 0 Å². The molecule has 0 aliphatic carbocycles. The number of hydrogen-bond acceptors (Lipinski definition) is 3. The van der Waals surface area contributed by atoms with Crippen molar-refractivity contribution in [1.29, 1.82) is 0 Å². The predicted molar refractivity (Wildman–Crippen MR) is 91.4 cm³/mol. The molecule has 118 valence electrons. The molecule has 1 aliphatic rings. The molecule has 0 aromatic heterocycles. The molecule has 0 unspecified atom stereocenters. The molecule has 1 aromatic carbocycles. The molecule has 2 rings (SSSR count). The van der Waals surface area contributed by atoms with Crippen molar-refractivity contribution in [1.82, 2.24) is 5.32 Å². The number of halogens is 1. The van der Waals surface area contributed by atoms with E-state index in [9.17, 15) is 0 Å². The summed E-state index contributed by atoms with van der Waals surface area (Å²) in [6.45, 7) is 12.4. The molecule has 0 atom stereocenters. The number of nitrogens with one attached hydrogen (secondary N) is 1. The Morgan fingerprint density at radius 1 is 1.05 bits per heavy atom. The first-order valence-electron chi connectivity index (χ1n) is 7.51. The van der Waals surface area contributed by atoms with Crippen LogP contribution in [-0.2, 0) is 15.9 Å². The Morgan fingerprint density at radius 2 is 1.62 bits per heavy atom. The highest BCUT2D eigenvalue weighted by Gasteiger charge is 2.52. The molecule has 1 aliphatic heterocycles. The van der Waals surface area contributed by atoms with Gasteiger partial charge >= 0.3 is 7.12 Å². The molecule has 0 radical (unpaired) electrons. The van der Waals surface area contributed by atoms with Crippen LogP contribution in [0.1, 0.15) is 46.6 Å². The molecule has 0 amide bonds. The molecule has 1 fully saturated rings. The van der Waals surface area contributed by atoms with Crippen LogP contribution in [0.25, 0.3) is 0 Å². The summed E-state index contributed by atoms with van der Waals surface area (Å²) in [7, 11) is -0.278. The molecule has 1 N–H and O–H groups in total. The van der Waals surface area contributed by atoms with Gasteiger partial charge in [-0.25, -0.2) is 0 Å². The van der Waals surface area contributed by atoms with Crippen molar-refractivity contribution in [2.24, 2.45) is 0 Å². The van der Waals surface area contributed by atoms with Gasteiger partial charge in [-0.15, -0.1) is 12.4 Å². The fraction of sp³-hybridized carbons (Fsp3) is 0.625. The van der Waals surface area contributed by atoms with Crippen molar-refractivity contribution in [3.05, 3.63) is 29.8 Å². The van der Waals surface area contributed by atoms with Gasteiger partial charge in [0.2, 0.25) is 0 Å². The van der Waals surface area contributed by atoms with Crippen molar-refractivity contribution in [3.8, 4) is 0 Å². The third kappa shape index (κ3) is 4.01. The Bertz CT molecular complexity index is 449. The molecule has 3 nitrogen and oxygen atoms in total. The van der Waals surface area contributed by atoms with Crippen LogP contribution in [-0.4, -0.2) is 24.9 Å². The standard InChI is InChI=1S/C16H26BNO2.ClH/c1-6-11-18-12-13-9-7-8-10-14(13)17-19-15(2,3)16(4,5)20-17;/h7-10,18H,6,11-12H2,1-5H3;1H. The highest BCUT2D eigenvalue weighted by atomic mass is 35.5. The van der Waals surface area contributed by atoms with Gasteiger partial charge in [0, 0.05) is 6.54 Å². The molecule has 1 heterocycles. The minimum absolute atomic E-state index is 0. The lowest BCUT2D eigenvalue weighted by atomic mass is 9.76. The molecular formula is C16H27BClNO2. The lowest BCUT2D eigenvalue weighted by Crippen LogP contribution is -2.41. The average Bonchev–Trinajstić information content (AvgIpc) is 2.59. The van der Waals surface area contributed by atoms with Crippen LogP contribution < -0.4 is 10.8 Å². The quantitative estimate of drug-likeness (QED) is 0.670. The van der Waals surface area contributed by atoms with Gasteiger partial charge < -0.3 is 14.6 Å². The Labute approximate surface area is 135 Å². The van der Waals surface area contributed by atoms with Gasteiger partial charge in [-0.2, -0.15) is 0 Å². The Kier molecular flexibility index (Phi) is 6.29. The maximum atomic E-state index is 6.15. The fourth-order valence-electron chi connectivity index (χ4n) is 2.29. The Balaban J connectivity index is 0.00000220. The first-order chi connectivity index (χ1) is 9.37. The summed E-state index contributed by atoms with van der Waals surface area (Å²) in [4.78, 5) is 0. The van der Waals surface area contributed by atoms with E-state index in [0.717, 1.165) is 25.0 Å². The van der Waals surface area contributed by atoms with Gasteiger partial charge in [-0.3, -0.25) is 0 Å². The van der Waals surface area contributed by atoms with Crippen LogP contribution in [0.5, 0.6) is 0 Å². The van der Waals surface area contributed by atoms with E-state index in [1.165, 1.54) is 5.56 Å². The second-order valence-corrected chi connectivity index (χ2v) is 6.46. The molecule has 1 saturated heterocycles. The molecular weight excluding hydrogens is 284 g/mol. The van der Waals surface area contributed by atoms with Crippen molar-refractivity contribution in [2.75, 3.05) is 6.54 Å². The summed E-state index contributed by atoms with van der Waals surface area (Å²) in [5, 5.41) is 3.45.